The summed E-state index contributed by atoms with van der Waals surface area (Å²) in [6.07, 6.45) is 5.52. The van der Waals surface area contributed by atoms with Gasteiger partial charge >= 0.3 is 0 Å². The van der Waals surface area contributed by atoms with E-state index < -0.39 is 0 Å². The van der Waals surface area contributed by atoms with Crippen molar-refractivity contribution in [2.75, 3.05) is 26.2 Å². The van der Waals surface area contributed by atoms with Crippen molar-refractivity contribution < 1.29 is 14.7 Å². The third-order valence-electron chi connectivity index (χ3n) is 4.59. The molecule has 0 bridgehead atoms. The molecule has 0 spiro atoms. The van der Waals surface area contributed by atoms with E-state index in [0.29, 0.717) is 18.4 Å². The second-order valence-corrected chi connectivity index (χ2v) is 6.59. The molecule has 0 aromatic carbocycles. The molecule has 1 saturated carbocycles. The van der Waals surface area contributed by atoms with Crippen LogP contribution in [0.1, 0.15) is 45.4 Å². The number of carbonyl (C=O) groups excluding carboxylic acids is 2. The van der Waals surface area contributed by atoms with E-state index >= 15 is 0 Å². The standard InChI is InChI=1S/C16H28N2O3/c1-12(11-19)3-2-8-17-15(20)13-6-9-18(10-7-13)16(21)14-4-5-14/h12-14,19H,2-11H2,1H3,(H,17,20). The van der Waals surface area contributed by atoms with E-state index in [1.54, 1.807) is 0 Å². The zero-order valence-corrected chi connectivity index (χ0v) is 13.0. The van der Waals surface area contributed by atoms with Crippen molar-refractivity contribution in [3.63, 3.8) is 0 Å². The van der Waals surface area contributed by atoms with E-state index in [-0.39, 0.29) is 24.3 Å². The minimum Gasteiger partial charge on any atom is -0.396 e. The van der Waals surface area contributed by atoms with E-state index in [1.165, 1.54) is 0 Å². The van der Waals surface area contributed by atoms with Crippen LogP contribution in [-0.4, -0.2) is 48.1 Å². The van der Waals surface area contributed by atoms with Crippen molar-refractivity contribution in [1.29, 1.82) is 0 Å². The van der Waals surface area contributed by atoms with Gasteiger partial charge in [-0.2, -0.15) is 0 Å². The molecule has 2 N–H and O–H groups in total. The molecule has 1 atom stereocenters. The molecule has 1 aliphatic heterocycles. The smallest absolute Gasteiger partial charge is 0.225 e. The van der Waals surface area contributed by atoms with Crippen LogP contribution in [0.2, 0.25) is 0 Å². The van der Waals surface area contributed by atoms with E-state index in [4.69, 9.17) is 5.11 Å². The summed E-state index contributed by atoms with van der Waals surface area (Å²) in [7, 11) is 0. The van der Waals surface area contributed by atoms with Gasteiger partial charge in [-0.05, 0) is 44.4 Å². The van der Waals surface area contributed by atoms with Crippen molar-refractivity contribution in [3.05, 3.63) is 0 Å². The normalized spacial score (nSPS) is 21.1. The summed E-state index contributed by atoms with van der Waals surface area (Å²) in [6, 6.07) is 0. The van der Waals surface area contributed by atoms with E-state index in [1.807, 2.05) is 11.8 Å². The van der Waals surface area contributed by atoms with Crippen molar-refractivity contribution in [1.82, 2.24) is 10.2 Å². The van der Waals surface area contributed by atoms with Crippen LogP contribution in [0.4, 0.5) is 0 Å². The van der Waals surface area contributed by atoms with Crippen molar-refractivity contribution >= 4 is 11.8 Å². The summed E-state index contributed by atoms with van der Waals surface area (Å²) in [5.41, 5.74) is 0. The lowest BCUT2D eigenvalue weighted by molar-refractivity contribution is -0.136. The Bertz CT molecular complexity index is 361. The maximum absolute atomic E-state index is 12.1. The van der Waals surface area contributed by atoms with Crippen molar-refractivity contribution in [2.24, 2.45) is 17.8 Å². The fourth-order valence-corrected chi connectivity index (χ4v) is 2.85. The lowest BCUT2D eigenvalue weighted by Gasteiger charge is -2.31. The van der Waals surface area contributed by atoms with Gasteiger partial charge in [0.2, 0.25) is 11.8 Å². The number of carbonyl (C=O) groups is 2. The fourth-order valence-electron chi connectivity index (χ4n) is 2.85. The summed E-state index contributed by atoms with van der Waals surface area (Å²) in [6.45, 7) is 4.37. The molecule has 0 aromatic heterocycles. The van der Waals surface area contributed by atoms with Crippen molar-refractivity contribution in [2.45, 2.75) is 45.4 Å². The fraction of sp³-hybridized carbons (Fsp3) is 0.875. The number of aliphatic hydroxyl groups is 1. The van der Waals surface area contributed by atoms with Gasteiger partial charge in [-0.1, -0.05) is 6.92 Å². The predicted molar refractivity (Wildman–Crippen MR) is 80.5 cm³/mol. The van der Waals surface area contributed by atoms with E-state index in [2.05, 4.69) is 5.32 Å². The van der Waals surface area contributed by atoms with E-state index in [9.17, 15) is 9.59 Å². The van der Waals surface area contributed by atoms with Crippen LogP contribution < -0.4 is 5.32 Å². The van der Waals surface area contributed by atoms with Gasteiger partial charge in [-0.3, -0.25) is 9.59 Å². The van der Waals surface area contributed by atoms with Gasteiger partial charge in [0.15, 0.2) is 0 Å². The average Bonchev–Trinajstić information content (AvgIpc) is 3.35. The van der Waals surface area contributed by atoms with Gasteiger partial charge in [-0.15, -0.1) is 0 Å². The van der Waals surface area contributed by atoms with Crippen LogP contribution in [0.25, 0.3) is 0 Å². The predicted octanol–water partition coefficient (Wildman–Crippen LogP) is 1.16. The van der Waals surface area contributed by atoms with Gasteiger partial charge in [0.25, 0.3) is 0 Å². The van der Waals surface area contributed by atoms with Crippen LogP contribution in [0.5, 0.6) is 0 Å². The first-order chi connectivity index (χ1) is 10.1. The summed E-state index contributed by atoms with van der Waals surface area (Å²) in [4.78, 5) is 26.0. The molecular formula is C16H28N2O3. The van der Waals surface area contributed by atoms with Gasteiger partial charge in [-0.25, -0.2) is 0 Å². The number of hydrogen-bond donors (Lipinski definition) is 2. The third kappa shape index (κ3) is 4.99. The quantitative estimate of drug-likeness (QED) is 0.693. The van der Waals surface area contributed by atoms with Gasteiger partial charge in [0, 0.05) is 38.1 Å². The second kappa shape index (κ2) is 7.78. The Morgan fingerprint density at radius 1 is 1.19 bits per heavy atom. The van der Waals surface area contributed by atoms with Crippen molar-refractivity contribution in [3.8, 4) is 0 Å². The van der Waals surface area contributed by atoms with Crippen LogP contribution >= 0.6 is 0 Å². The number of likely N-dealkylation sites (tertiary alicyclic amines) is 1. The lowest BCUT2D eigenvalue weighted by atomic mass is 9.95. The molecule has 1 aliphatic carbocycles. The lowest BCUT2D eigenvalue weighted by Crippen LogP contribution is -2.43. The van der Waals surface area contributed by atoms with Gasteiger partial charge < -0.3 is 15.3 Å². The molecule has 1 unspecified atom stereocenters. The molecule has 2 amide bonds. The highest BCUT2D eigenvalue weighted by Crippen LogP contribution is 2.32. The number of hydrogen-bond acceptors (Lipinski definition) is 3. The molecule has 0 aromatic rings. The van der Waals surface area contributed by atoms with Crippen LogP contribution in [0.3, 0.4) is 0 Å². The number of aliphatic hydroxyl groups excluding tert-OH is 1. The number of amides is 2. The molecular weight excluding hydrogens is 268 g/mol. The minimum atomic E-state index is 0.0588. The Morgan fingerprint density at radius 3 is 2.43 bits per heavy atom. The summed E-state index contributed by atoms with van der Waals surface area (Å²) in [5, 5.41) is 11.9. The monoisotopic (exact) mass is 296 g/mol. The van der Waals surface area contributed by atoms with Crippen LogP contribution in [0.15, 0.2) is 0 Å². The first kappa shape index (κ1) is 16.3. The van der Waals surface area contributed by atoms with Crippen LogP contribution in [0, 0.1) is 17.8 Å². The third-order valence-corrected chi connectivity index (χ3v) is 4.59. The van der Waals surface area contributed by atoms with E-state index in [0.717, 1.165) is 51.6 Å². The molecule has 5 heteroatoms. The maximum atomic E-state index is 12.1. The summed E-state index contributed by atoms with van der Waals surface area (Å²) < 4.78 is 0. The Morgan fingerprint density at radius 2 is 1.86 bits per heavy atom. The van der Waals surface area contributed by atoms with Crippen LogP contribution in [-0.2, 0) is 9.59 Å². The number of nitrogens with zero attached hydrogens (tertiary/aromatic N) is 1. The Labute approximate surface area is 127 Å². The number of piperidine rings is 1. The highest BCUT2D eigenvalue weighted by molar-refractivity contribution is 5.82. The highest BCUT2D eigenvalue weighted by atomic mass is 16.3. The topological polar surface area (TPSA) is 69.6 Å². The van der Waals surface area contributed by atoms with Gasteiger partial charge in [0.05, 0.1) is 0 Å². The molecule has 1 saturated heterocycles. The zero-order chi connectivity index (χ0) is 15.2. The highest BCUT2D eigenvalue weighted by Gasteiger charge is 2.35. The molecule has 1 heterocycles. The largest absolute Gasteiger partial charge is 0.396 e. The molecule has 120 valence electrons. The Kier molecular flexibility index (Phi) is 6.03. The average molecular weight is 296 g/mol. The molecule has 2 rings (SSSR count). The maximum Gasteiger partial charge on any atom is 0.225 e. The zero-order valence-electron chi connectivity index (χ0n) is 13.0. The Hall–Kier alpha value is -1.10. The SMILES string of the molecule is CC(CO)CCCNC(=O)C1CCN(C(=O)C2CC2)CC1. The molecule has 0 radical (unpaired) electrons. The molecule has 2 fully saturated rings. The number of rotatable bonds is 7. The Balaban J connectivity index is 1.60. The number of nitrogens with one attached hydrogen (secondary N) is 1. The first-order valence-electron chi connectivity index (χ1n) is 8.29. The summed E-state index contributed by atoms with van der Waals surface area (Å²) in [5.74, 6) is 1.07. The minimum absolute atomic E-state index is 0.0588. The summed E-state index contributed by atoms with van der Waals surface area (Å²) >= 11 is 0. The molecule has 21 heavy (non-hydrogen) atoms. The first-order valence-corrected chi connectivity index (χ1v) is 8.29. The van der Waals surface area contributed by atoms with Gasteiger partial charge in [0.1, 0.15) is 0 Å². The molecule has 2 aliphatic rings. The second-order valence-electron chi connectivity index (χ2n) is 6.59. The molecule has 5 nitrogen and oxygen atoms in total.